The molecule has 0 N–H and O–H groups in total. The van der Waals surface area contributed by atoms with Gasteiger partial charge in [0.25, 0.3) is 5.91 Å². The van der Waals surface area contributed by atoms with Gasteiger partial charge in [0.1, 0.15) is 5.01 Å². The van der Waals surface area contributed by atoms with Gasteiger partial charge in [-0.15, -0.1) is 21.5 Å². The summed E-state index contributed by atoms with van der Waals surface area (Å²) in [5, 5.41) is 13.0. The molecule has 2 aromatic heterocycles. The molecule has 134 valence electrons. The lowest BCUT2D eigenvalue weighted by Crippen LogP contribution is -2.26. The molecule has 0 fully saturated rings. The van der Waals surface area contributed by atoms with Crippen LogP contribution in [-0.2, 0) is 26.4 Å². The van der Waals surface area contributed by atoms with E-state index in [2.05, 4.69) is 15.4 Å². The van der Waals surface area contributed by atoms with Gasteiger partial charge in [-0.3, -0.25) is 4.79 Å². The van der Waals surface area contributed by atoms with Gasteiger partial charge in [-0.1, -0.05) is 12.1 Å². The molecule has 0 spiro atoms. The molecule has 0 radical (unpaired) electrons. The van der Waals surface area contributed by atoms with Crippen LogP contribution in [0.1, 0.15) is 38.8 Å². The van der Waals surface area contributed by atoms with Gasteiger partial charge in [-0.2, -0.15) is 4.80 Å². The summed E-state index contributed by atoms with van der Waals surface area (Å²) in [6.45, 7) is 0.546. The first kappa shape index (κ1) is 16.8. The number of carbonyl (C=O) groups excluding carboxylic acids is 1. The summed E-state index contributed by atoms with van der Waals surface area (Å²) in [7, 11) is 3.54. The number of fused-ring (bicyclic) bond motifs is 1. The summed E-state index contributed by atoms with van der Waals surface area (Å²) >= 11 is 1.75. The van der Waals surface area contributed by atoms with Crippen LogP contribution in [0, 0.1) is 0 Å². The molecular formula is C18H20N6OS. The van der Waals surface area contributed by atoms with Gasteiger partial charge in [0, 0.05) is 23.1 Å². The highest BCUT2D eigenvalue weighted by Gasteiger charge is 2.18. The molecule has 0 atom stereocenters. The summed E-state index contributed by atoms with van der Waals surface area (Å²) in [6.07, 6.45) is 4.66. The van der Waals surface area contributed by atoms with E-state index in [1.165, 1.54) is 28.2 Å². The molecule has 0 saturated heterocycles. The lowest BCUT2D eigenvalue weighted by atomic mass is 10.0. The molecular weight excluding hydrogens is 348 g/mol. The van der Waals surface area contributed by atoms with Crippen LogP contribution in [0.25, 0.3) is 11.4 Å². The largest absolute Gasteiger partial charge is 0.335 e. The molecule has 1 aromatic carbocycles. The number of amides is 1. The quantitative estimate of drug-likeness (QED) is 0.707. The lowest BCUT2D eigenvalue weighted by molar-refractivity contribution is 0.0785. The van der Waals surface area contributed by atoms with Gasteiger partial charge in [-0.05, 0) is 43.0 Å². The van der Waals surface area contributed by atoms with E-state index in [0.29, 0.717) is 17.9 Å². The third-order valence-electron chi connectivity index (χ3n) is 4.51. The monoisotopic (exact) mass is 368 g/mol. The number of aryl methyl sites for hydroxylation is 3. The lowest BCUT2D eigenvalue weighted by Gasteiger charge is -2.15. The van der Waals surface area contributed by atoms with Crippen molar-refractivity contribution < 1.29 is 4.79 Å². The van der Waals surface area contributed by atoms with E-state index in [9.17, 15) is 4.79 Å². The molecule has 26 heavy (non-hydrogen) atoms. The van der Waals surface area contributed by atoms with E-state index >= 15 is 0 Å². The highest BCUT2D eigenvalue weighted by atomic mass is 32.1. The molecule has 8 heteroatoms. The van der Waals surface area contributed by atoms with Gasteiger partial charge in [0.2, 0.25) is 5.82 Å². The molecule has 1 aliphatic rings. The SMILES string of the molecule is CN(Cc1nc2c(s1)CCCC2)C(=O)c1ccc(-c2nnn(C)n2)cc1. The van der Waals surface area contributed by atoms with Crippen molar-refractivity contribution in [2.45, 2.75) is 32.2 Å². The summed E-state index contributed by atoms with van der Waals surface area (Å²) in [5.41, 5.74) is 2.71. The minimum Gasteiger partial charge on any atom is -0.335 e. The second-order valence-corrected chi connectivity index (χ2v) is 7.69. The van der Waals surface area contributed by atoms with Crippen molar-refractivity contribution in [3.05, 3.63) is 45.4 Å². The number of rotatable bonds is 4. The first-order chi connectivity index (χ1) is 12.6. The molecule has 7 nitrogen and oxygen atoms in total. The van der Waals surface area contributed by atoms with Crippen LogP contribution >= 0.6 is 11.3 Å². The number of hydrogen-bond acceptors (Lipinski definition) is 6. The molecule has 2 heterocycles. The van der Waals surface area contributed by atoms with Crippen LogP contribution in [0.5, 0.6) is 0 Å². The van der Waals surface area contributed by atoms with Crippen molar-refractivity contribution in [2.75, 3.05) is 7.05 Å². The maximum atomic E-state index is 12.7. The predicted molar refractivity (Wildman–Crippen MR) is 98.8 cm³/mol. The maximum Gasteiger partial charge on any atom is 0.253 e. The standard InChI is InChI=1S/C18H20N6OS/c1-23(11-16-19-14-5-3-4-6-15(14)26-16)18(25)13-9-7-12(8-10-13)17-20-22-24(2)21-17/h7-10H,3-6,11H2,1-2H3. The Hall–Kier alpha value is -2.61. The van der Waals surface area contributed by atoms with E-state index in [1.54, 1.807) is 35.4 Å². The molecule has 0 unspecified atom stereocenters. The number of hydrogen-bond donors (Lipinski definition) is 0. The Morgan fingerprint density at radius 3 is 2.69 bits per heavy atom. The van der Waals surface area contributed by atoms with Crippen LogP contribution in [0.3, 0.4) is 0 Å². The van der Waals surface area contributed by atoms with Gasteiger partial charge in [-0.25, -0.2) is 4.98 Å². The van der Waals surface area contributed by atoms with E-state index in [0.717, 1.165) is 23.4 Å². The van der Waals surface area contributed by atoms with Crippen LogP contribution in [0.2, 0.25) is 0 Å². The molecule has 3 aromatic rings. The Labute approximate surface area is 155 Å². The Morgan fingerprint density at radius 2 is 2.00 bits per heavy atom. The van der Waals surface area contributed by atoms with Crippen LogP contribution < -0.4 is 0 Å². The smallest absolute Gasteiger partial charge is 0.253 e. The first-order valence-electron chi connectivity index (χ1n) is 8.67. The average molecular weight is 368 g/mol. The van der Waals surface area contributed by atoms with Gasteiger partial charge < -0.3 is 4.90 Å². The molecule has 1 aliphatic carbocycles. The summed E-state index contributed by atoms with van der Waals surface area (Å²) in [4.78, 5) is 22.0. The average Bonchev–Trinajstić information content (AvgIpc) is 3.26. The zero-order valence-electron chi connectivity index (χ0n) is 14.8. The summed E-state index contributed by atoms with van der Waals surface area (Å²) in [6, 6.07) is 7.30. The third-order valence-corrected chi connectivity index (χ3v) is 5.65. The summed E-state index contributed by atoms with van der Waals surface area (Å²) < 4.78 is 0. The van der Waals surface area contributed by atoms with Crippen molar-refractivity contribution >= 4 is 17.2 Å². The third kappa shape index (κ3) is 3.37. The van der Waals surface area contributed by atoms with Gasteiger partial charge in [0.15, 0.2) is 0 Å². The van der Waals surface area contributed by atoms with Gasteiger partial charge in [0.05, 0.1) is 19.3 Å². The predicted octanol–water partition coefficient (Wildman–Crippen LogP) is 2.48. The topological polar surface area (TPSA) is 76.8 Å². The Balaban J connectivity index is 1.45. The van der Waals surface area contributed by atoms with Gasteiger partial charge >= 0.3 is 0 Å². The van der Waals surface area contributed by atoms with Crippen molar-refractivity contribution in [3.8, 4) is 11.4 Å². The van der Waals surface area contributed by atoms with Crippen LogP contribution in [0.4, 0.5) is 0 Å². The van der Waals surface area contributed by atoms with E-state index in [-0.39, 0.29) is 5.91 Å². The molecule has 0 bridgehead atoms. The zero-order chi connectivity index (χ0) is 18.1. The number of carbonyl (C=O) groups is 1. The fraction of sp³-hybridized carbons (Fsp3) is 0.389. The van der Waals surface area contributed by atoms with Crippen LogP contribution in [0.15, 0.2) is 24.3 Å². The Morgan fingerprint density at radius 1 is 1.23 bits per heavy atom. The van der Waals surface area contributed by atoms with E-state index < -0.39 is 0 Å². The molecule has 0 aliphatic heterocycles. The second kappa shape index (κ2) is 6.95. The highest BCUT2D eigenvalue weighted by molar-refractivity contribution is 7.11. The maximum absolute atomic E-state index is 12.7. The second-order valence-electron chi connectivity index (χ2n) is 6.53. The number of benzene rings is 1. The van der Waals surface area contributed by atoms with Crippen molar-refractivity contribution in [1.29, 1.82) is 0 Å². The Bertz CT molecular complexity index is 906. The molecule has 1 amide bonds. The van der Waals surface area contributed by atoms with Crippen LogP contribution in [-0.4, -0.2) is 43.0 Å². The fourth-order valence-corrected chi connectivity index (χ4v) is 4.34. The van der Waals surface area contributed by atoms with E-state index in [1.807, 2.05) is 19.2 Å². The minimum atomic E-state index is -0.0168. The fourth-order valence-electron chi connectivity index (χ4n) is 3.13. The highest BCUT2D eigenvalue weighted by Crippen LogP contribution is 2.27. The minimum absolute atomic E-state index is 0.0168. The number of tetrazole rings is 1. The normalized spacial score (nSPS) is 13.5. The van der Waals surface area contributed by atoms with Crippen molar-refractivity contribution in [3.63, 3.8) is 0 Å². The summed E-state index contributed by atoms with van der Waals surface area (Å²) in [5.74, 6) is 0.532. The zero-order valence-corrected chi connectivity index (χ0v) is 15.7. The first-order valence-corrected chi connectivity index (χ1v) is 9.49. The van der Waals surface area contributed by atoms with Crippen molar-refractivity contribution in [1.82, 2.24) is 30.1 Å². The van der Waals surface area contributed by atoms with Crippen molar-refractivity contribution in [2.24, 2.45) is 7.05 Å². The number of aromatic nitrogens is 5. The molecule has 4 rings (SSSR count). The van der Waals surface area contributed by atoms with E-state index in [4.69, 9.17) is 4.98 Å². The Kier molecular flexibility index (Phi) is 4.50. The number of nitrogens with zero attached hydrogens (tertiary/aromatic N) is 6. The molecule has 0 saturated carbocycles. The number of thiazole rings is 1.